The van der Waals surface area contributed by atoms with Gasteiger partial charge in [0.15, 0.2) is 0 Å². The molecule has 0 spiro atoms. The summed E-state index contributed by atoms with van der Waals surface area (Å²) in [5.41, 5.74) is 10.4. The number of benzene rings is 2. The zero-order chi connectivity index (χ0) is 16.1. The van der Waals surface area contributed by atoms with Crippen molar-refractivity contribution >= 4 is 27.5 Å². The van der Waals surface area contributed by atoms with Gasteiger partial charge < -0.3 is 5.73 Å². The third-order valence-electron chi connectivity index (χ3n) is 4.60. The van der Waals surface area contributed by atoms with E-state index in [1.54, 1.807) is 0 Å². The first kappa shape index (κ1) is 15.8. The number of fused-ring (bicyclic) bond motifs is 2. The summed E-state index contributed by atoms with van der Waals surface area (Å²) in [5, 5.41) is 2.25. The minimum atomic E-state index is 0.804. The van der Waals surface area contributed by atoms with Crippen molar-refractivity contribution in [2.24, 2.45) is 0 Å². The van der Waals surface area contributed by atoms with Crippen molar-refractivity contribution < 1.29 is 0 Å². The second-order valence-corrected chi connectivity index (χ2v) is 6.41. The van der Waals surface area contributed by atoms with E-state index in [1.807, 2.05) is 18.2 Å². The molecule has 0 unspecified atom stereocenters. The minimum absolute atomic E-state index is 0.804. The lowest BCUT2D eigenvalue weighted by Gasteiger charge is -2.09. The second-order valence-electron chi connectivity index (χ2n) is 6.41. The van der Waals surface area contributed by atoms with Crippen molar-refractivity contribution in [1.82, 2.24) is 4.98 Å². The first-order chi connectivity index (χ1) is 11.3. The molecular weight excluding hydrogens is 280 g/mol. The van der Waals surface area contributed by atoms with Gasteiger partial charge in [0.1, 0.15) is 0 Å². The molecule has 120 valence electrons. The molecule has 0 aliphatic carbocycles. The van der Waals surface area contributed by atoms with Crippen molar-refractivity contribution in [2.45, 2.75) is 51.9 Å². The highest BCUT2D eigenvalue weighted by molar-refractivity contribution is 5.99. The third kappa shape index (κ3) is 3.64. The number of hydrogen-bond donors (Lipinski definition) is 1. The van der Waals surface area contributed by atoms with E-state index >= 15 is 0 Å². The lowest BCUT2D eigenvalue weighted by atomic mass is 10.0. The number of pyridine rings is 1. The van der Waals surface area contributed by atoms with Gasteiger partial charge in [0.25, 0.3) is 0 Å². The van der Waals surface area contributed by atoms with Gasteiger partial charge in [-0.3, -0.25) is 0 Å². The van der Waals surface area contributed by atoms with E-state index in [0.29, 0.717) is 0 Å². The van der Waals surface area contributed by atoms with Gasteiger partial charge in [-0.25, -0.2) is 4.98 Å². The number of anilines is 1. The molecule has 1 aromatic heterocycles. The number of rotatable bonds is 7. The van der Waals surface area contributed by atoms with Crippen molar-refractivity contribution in [1.29, 1.82) is 0 Å². The fourth-order valence-electron chi connectivity index (χ4n) is 3.26. The number of nitrogens with zero attached hydrogens (tertiary/aromatic N) is 1. The zero-order valence-electron chi connectivity index (χ0n) is 14.0. The summed E-state index contributed by atoms with van der Waals surface area (Å²) < 4.78 is 0. The van der Waals surface area contributed by atoms with Crippen molar-refractivity contribution in [3.63, 3.8) is 0 Å². The van der Waals surface area contributed by atoms with Crippen molar-refractivity contribution in [2.75, 3.05) is 5.73 Å². The van der Waals surface area contributed by atoms with Gasteiger partial charge in [0.05, 0.1) is 11.0 Å². The van der Waals surface area contributed by atoms with E-state index in [4.69, 9.17) is 10.7 Å². The van der Waals surface area contributed by atoms with Crippen LogP contribution in [0.5, 0.6) is 0 Å². The first-order valence-corrected chi connectivity index (χ1v) is 8.86. The van der Waals surface area contributed by atoms with E-state index < -0.39 is 0 Å². The number of para-hydroxylation sites is 1. The maximum atomic E-state index is 6.08. The Labute approximate surface area is 138 Å². The lowest BCUT2D eigenvalue weighted by molar-refractivity contribution is 0.608. The molecule has 0 saturated heterocycles. The Morgan fingerprint density at radius 2 is 1.70 bits per heavy atom. The van der Waals surface area contributed by atoms with Crippen LogP contribution >= 0.6 is 0 Å². The number of unbranched alkanes of at least 4 members (excludes halogenated alkanes) is 5. The fraction of sp³-hybridized carbons (Fsp3) is 0.381. The number of nitrogens with two attached hydrogens (primary N) is 1. The molecule has 2 N–H and O–H groups in total. The van der Waals surface area contributed by atoms with Crippen LogP contribution in [0.3, 0.4) is 0 Å². The van der Waals surface area contributed by atoms with Crippen LogP contribution in [0.1, 0.15) is 51.0 Å². The average Bonchev–Trinajstić information content (AvgIpc) is 2.57. The number of aryl methyl sites for hydroxylation is 1. The maximum absolute atomic E-state index is 6.08. The molecule has 23 heavy (non-hydrogen) atoms. The van der Waals surface area contributed by atoms with Crippen LogP contribution in [0.2, 0.25) is 0 Å². The summed E-state index contributed by atoms with van der Waals surface area (Å²) in [6.45, 7) is 2.26. The Bertz CT molecular complexity index is 792. The monoisotopic (exact) mass is 306 g/mol. The molecule has 2 heteroatoms. The average molecular weight is 306 g/mol. The normalized spacial score (nSPS) is 11.3. The van der Waals surface area contributed by atoms with E-state index in [2.05, 4.69) is 31.2 Å². The summed E-state index contributed by atoms with van der Waals surface area (Å²) in [4.78, 5) is 4.89. The minimum Gasteiger partial charge on any atom is -0.398 e. The second kappa shape index (κ2) is 7.45. The zero-order valence-corrected chi connectivity index (χ0v) is 14.0. The molecule has 2 nitrogen and oxygen atoms in total. The van der Waals surface area contributed by atoms with Crippen LogP contribution in [-0.2, 0) is 6.42 Å². The Balaban J connectivity index is 1.81. The maximum Gasteiger partial charge on any atom is 0.0741 e. The van der Waals surface area contributed by atoms with Crippen LogP contribution in [0.4, 0.5) is 5.69 Å². The van der Waals surface area contributed by atoms with E-state index in [1.165, 1.54) is 49.5 Å². The molecule has 0 amide bonds. The van der Waals surface area contributed by atoms with Gasteiger partial charge >= 0.3 is 0 Å². The molecule has 3 aromatic rings. The van der Waals surface area contributed by atoms with Crippen LogP contribution in [0, 0.1) is 0 Å². The van der Waals surface area contributed by atoms with E-state index in [-0.39, 0.29) is 0 Å². The Morgan fingerprint density at radius 1 is 0.913 bits per heavy atom. The lowest BCUT2D eigenvalue weighted by Crippen LogP contribution is -1.93. The Morgan fingerprint density at radius 3 is 2.57 bits per heavy atom. The third-order valence-corrected chi connectivity index (χ3v) is 4.60. The van der Waals surface area contributed by atoms with Crippen molar-refractivity contribution in [3.05, 3.63) is 48.0 Å². The molecule has 1 heterocycles. The smallest absolute Gasteiger partial charge is 0.0741 e. The summed E-state index contributed by atoms with van der Waals surface area (Å²) in [5.74, 6) is 0. The Hall–Kier alpha value is -2.09. The standard InChI is InChI=1S/C21H26N2/c1-2-3-4-5-6-7-10-16-11-8-12-17-15-18-19(22)13-9-14-20(18)23-21(16)17/h8-9,11-15H,2-7,10,22H2,1H3. The van der Waals surface area contributed by atoms with E-state index in [9.17, 15) is 0 Å². The number of aromatic nitrogens is 1. The molecule has 0 aliphatic rings. The highest BCUT2D eigenvalue weighted by atomic mass is 14.7. The molecule has 0 radical (unpaired) electrons. The van der Waals surface area contributed by atoms with Crippen LogP contribution in [-0.4, -0.2) is 4.98 Å². The summed E-state index contributed by atoms with van der Waals surface area (Å²) in [7, 11) is 0. The highest BCUT2D eigenvalue weighted by Gasteiger charge is 2.06. The van der Waals surface area contributed by atoms with Gasteiger partial charge in [-0.05, 0) is 36.6 Å². The van der Waals surface area contributed by atoms with Crippen LogP contribution in [0.25, 0.3) is 21.8 Å². The van der Waals surface area contributed by atoms with Gasteiger partial charge in [-0.1, -0.05) is 63.3 Å². The van der Waals surface area contributed by atoms with Gasteiger partial charge in [-0.2, -0.15) is 0 Å². The number of hydrogen-bond acceptors (Lipinski definition) is 2. The molecular formula is C21H26N2. The van der Waals surface area contributed by atoms with E-state index in [0.717, 1.165) is 28.5 Å². The summed E-state index contributed by atoms with van der Waals surface area (Å²) in [6, 6.07) is 14.6. The van der Waals surface area contributed by atoms with Crippen LogP contribution < -0.4 is 5.73 Å². The molecule has 2 aromatic carbocycles. The van der Waals surface area contributed by atoms with Gasteiger partial charge in [0, 0.05) is 16.5 Å². The quantitative estimate of drug-likeness (QED) is 0.336. The SMILES string of the molecule is CCCCCCCCc1cccc2cc3c(N)cccc3nc12. The molecule has 0 atom stereocenters. The van der Waals surface area contributed by atoms with Gasteiger partial charge in [-0.15, -0.1) is 0 Å². The number of nitrogen functional groups attached to an aromatic ring is 1. The Kier molecular flexibility index (Phi) is 5.12. The summed E-state index contributed by atoms with van der Waals surface area (Å²) in [6.07, 6.45) is 9.08. The predicted octanol–water partition coefficient (Wildman–Crippen LogP) is 5.87. The first-order valence-electron chi connectivity index (χ1n) is 8.86. The fourth-order valence-corrected chi connectivity index (χ4v) is 3.26. The van der Waals surface area contributed by atoms with Crippen molar-refractivity contribution in [3.8, 4) is 0 Å². The molecule has 0 saturated carbocycles. The topological polar surface area (TPSA) is 38.9 Å². The van der Waals surface area contributed by atoms with Crippen LogP contribution in [0.15, 0.2) is 42.5 Å². The predicted molar refractivity (Wildman–Crippen MR) is 101 cm³/mol. The molecule has 3 rings (SSSR count). The highest BCUT2D eigenvalue weighted by Crippen LogP contribution is 2.26. The molecule has 0 fully saturated rings. The molecule has 0 bridgehead atoms. The largest absolute Gasteiger partial charge is 0.398 e. The summed E-state index contributed by atoms with van der Waals surface area (Å²) >= 11 is 0. The van der Waals surface area contributed by atoms with Gasteiger partial charge in [0.2, 0.25) is 0 Å². The molecule has 0 aliphatic heterocycles.